The predicted molar refractivity (Wildman–Crippen MR) is 120 cm³/mol. The molecule has 30 heavy (non-hydrogen) atoms. The van der Waals surface area contributed by atoms with Crippen LogP contribution in [0.5, 0.6) is 0 Å². The number of carbonyl (C=O) groups is 1. The van der Waals surface area contributed by atoms with Gasteiger partial charge in [0.15, 0.2) is 0 Å². The van der Waals surface area contributed by atoms with E-state index in [4.69, 9.17) is 4.74 Å². The van der Waals surface area contributed by atoms with Crippen LogP contribution < -0.4 is 10.2 Å². The Balaban J connectivity index is 1.47. The molecule has 7 nitrogen and oxygen atoms in total. The maximum Gasteiger partial charge on any atom is 0.270 e. The monoisotopic (exact) mass is 429 g/mol. The molecule has 1 unspecified atom stereocenters. The highest BCUT2D eigenvalue weighted by molar-refractivity contribution is 7.81. The van der Waals surface area contributed by atoms with Crippen LogP contribution in [0.25, 0.3) is 0 Å². The van der Waals surface area contributed by atoms with Crippen molar-refractivity contribution in [2.24, 2.45) is 7.05 Å². The molecule has 1 saturated heterocycles. The fourth-order valence-electron chi connectivity index (χ4n) is 4.16. The van der Waals surface area contributed by atoms with Crippen molar-refractivity contribution in [2.45, 2.75) is 62.5 Å². The Bertz CT molecular complexity index is 926. The molecule has 162 valence electrons. The van der Waals surface area contributed by atoms with Gasteiger partial charge in [0.2, 0.25) is 0 Å². The molecule has 3 atom stereocenters. The summed E-state index contributed by atoms with van der Waals surface area (Å²) in [5.74, 6) is -0.128. The highest BCUT2D eigenvalue weighted by atomic mass is 32.1. The van der Waals surface area contributed by atoms with Gasteiger partial charge >= 0.3 is 0 Å². The number of aryl methyl sites for hydroxylation is 1. The number of ether oxygens (including phenoxy) is 1. The van der Waals surface area contributed by atoms with Gasteiger partial charge in [0.1, 0.15) is 5.69 Å². The summed E-state index contributed by atoms with van der Waals surface area (Å²) < 4.78 is 7.97. The molecule has 1 aliphatic carbocycles. The Morgan fingerprint density at radius 3 is 2.83 bits per heavy atom. The summed E-state index contributed by atoms with van der Waals surface area (Å²) in [6.45, 7) is 7.71. The van der Waals surface area contributed by atoms with Gasteiger partial charge in [0, 0.05) is 55.4 Å². The third-order valence-electron chi connectivity index (χ3n) is 6.20. The molecule has 1 aliphatic heterocycles. The van der Waals surface area contributed by atoms with E-state index in [-0.39, 0.29) is 28.4 Å². The van der Waals surface area contributed by atoms with Gasteiger partial charge in [-0.15, -0.1) is 0 Å². The van der Waals surface area contributed by atoms with Crippen molar-refractivity contribution in [3.05, 3.63) is 42.0 Å². The normalized spacial score (nSPS) is 26.3. The van der Waals surface area contributed by atoms with E-state index in [1.807, 2.05) is 31.4 Å². The lowest BCUT2D eigenvalue weighted by Gasteiger charge is -2.46. The molecule has 1 amide bonds. The van der Waals surface area contributed by atoms with Crippen molar-refractivity contribution in [1.29, 1.82) is 0 Å². The number of carbonyl (C=O) groups excluding carboxylic acids is 1. The number of pyridine rings is 1. The summed E-state index contributed by atoms with van der Waals surface area (Å²) in [6.07, 6.45) is 6.41. The molecule has 0 aromatic carbocycles. The molecular weight excluding hydrogens is 398 g/mol. The van der Waals surface area contributed by atoms with Crippen LogP contribution in [-0.4, -0.2) is 56.3 Å². The summed E-state index contributed by atoms with van der Waals surface area (Å²) >= 11 is 4.63. The number of anilines is 1. The zero-order valence-electron chi connectivity index (χ0n) is 18.1. The van der Waals surface area contributed by atoms with Crippen LogP contribution in [0.2, 0.25) is 0 Å². The molecule has 2 aliphatic rings. The topological polar surface area (TPSA) is 72.3 Å². The molecule has 1 N–H and O–H groups in total. The highest BCUT2D eigenvalue weighted by Crippen LogP contribution is 2.38. The van der Waals surface area contributed by atoms with Gasteiger partial charge in [0.25, 0.3) is 5.91 Å². The summed E-state index contributed by atoms with van der Waals surface area (Å²) in [4.78, 5) is 19.6. The van der Waals surface area contributed by atoms with E-state index in [0.717, 1.165) is 43.7 Å². The molecule has 2 aromatic rings. The van der Waals surface area contributed by atoms with E-state index in [1.54, 1.807) is 10.9 Å². The van der Waals surface area contributed by atoms with E-state index >= 15 is 0 Å². The largest absolute Gasteiger partial charge is 0.368 e. The molecule has 1 saturated carbocycles. The molecule has 0 radical (unpaired) electrons. The van der Waals surface area contributed by atoms with Crippen molar-refractivity contribution in [3.63, 3.8) is 0 Å². The lowest BCUT2D eigenvalue weighted by Crippen LogP contribution is -2.57. The van der Waals surface area contributed by atoms with Crippen molar-refractivity contribution >= 4 is 24.2 Å². The standard InChI is InChI=1S/C22H31N5O2S/c1-15-13-27(14-21(3,29-15)16(2)30)18-5-9-23-19(11-18)20(28)24-22(7-8-22)12-17-6-10-26(4)25-17/h5-6,9-11,15-16,30H,7-8,12-14H2,1-4H3,(H,24,28)/t15-,16?,21-/m0/s1. The van der Waals surface area contributed by atoms with E-state index in [9.17, 15) is 4.79 Å². The Hall–Kier alpha value is -2.06. The van der Waals surface area contributed by atoms with E-state index in [0.29, 0.717) is 5.69 Å². The number of nitrogens with zero attached hydrogens (tertiary/aromatic N) is 4. The van der Waals surface area contributed by atoms with Gasteiger partial charge in [-0.1, -0.05) is 6.92 Å². The molecule has 0 spiro atoms. The predicted octanol–water partition coefficient (Wildman–Crippen LogP) is 2.62. The van der Waals surface area contributed by atoms with Crippen molar-refractivity contribution < 1.29 is 9.53 Å². The van der Waals surface area contributed by atoms with Crippen molar-refractivity contribution in [1.82, 2.24) is 20.1 Å². The number of thiol groups is 1. The van der Waals surface area contributed by atoms with Crippen LogP contribution in [0.4, 0.5) is 5.69 Å². The Kier molecular flexibility index (Phi) is 5.57. The summed E-state index contributed by atoms with van der Waals surface area (Å²) in [5.41, 5.74) is 1.88. The van der Waals surface area contributed by atoms with Gasteiger partial charge in [0.05, 0.1) is 17.4 Å². The van der Waals surface area contributed by atoms with Crippen LogP contribution in [0, 0.1) is 0 Å². The lowest BCUT2D eigenvalue weighted by atomic mass is 9.98. The first-order chi connectivity index (χ1) is 14.2. The quantitative estimate of drug-likeness (QED) is 0.691. The van der Waals surface area contributed by atoms with Gasteiger partial charge in [-0.3, -0.25) is 14.5 Å². The highest BCUT2D eigenvalue weighted by Gasteiger charge is 2.45. The van der Waals surface area contributed by atoms with Crippen LogP contribution in [0.3, 0.4) is 0 Å². The minimum absolute atomic E-state index is 0.0805. The first-order valence-corrected chi connectivity index (χ1v) is 11.1. The number of hydrogen-bond donors (Lipinski definition) is 2. The molecule has 8 heteroatoms. The van der Waals surface area contributed by atoms with E-state index in [2.05, 4.69) is 53.7 Å². The molecule has 2 fully saturated rings. The van der Waals surface area contributed by atoms with Crippen molar-refractivity contribution in [2.75, 3.05) is 18.0 Å². The molecule has 3 heterocycles. The zero-order valence-corrected chi connectivity index (χ0v) is 19.0. The Morgan fingerprint density at radius 1 is 1.43 bits per heavy atom. The maximum atomic E-state index is 13.0. The summed E-state index contributed by atoms with van der Waals surface area (Å²) in [6, 6.07) is 5.84. The molecular formula is C22H31N5O2S. The fraction of sp³-hybridized carbons (Fsp3) is 0.591. The van der Waals surface area contributed by atoms with Gasteiger partial charge in [-0.05, 0) is 44.9 Å². The SMILES string of the molecule is CC(S)[C@]1(C)CN(c2ccnc(C(=O)NC3(Cc4ccn(C)n4)CC3)c2)C[C@H](C)O1. The first kappa shape index (κ1) is 21.2. The second-order valence-electron chi connectivity index (χ2n) is 9.09. The third-order valence-corrected chi connectivity index (χ3v) is 6.74. The van der Waals surface area contributed by atoms with E-state index in [1.165, 1.54) is 0 Å². The second-order valence-corrected chi connectivity index (χ2v) is 9.86. The number of amides is 1. The molecule has 4 rings (SSSR count). The smallest absolute Gasteiger partial charge is 0.270 e. The first-order valence-electron chi connectivity index (χ1n) is 10.6. The van der Waals surface area contributed by atoms with Crippen LogP contribution in [0.15, 0.2) is 30.6 Å². The fourth-order valence-corrected chi connectivity index (χ4v) is 4.30. The van der Waals surface area contributed by atoms with Gasteiger partial charge in [-0.2, -0.15) is 17.7 Å². The number of rotatable bonds is 6. The summed E-state index contributed by atoms with van der Waals surface area (Å²) in [5, 5.41) is 7.75. The van der Waals surface area contributed by atoms with Gasteiger partial charge < -0.3 is 15.0 Å². The number of aromatic nitrogens is 3. The van der Waals surface area contributed by atoms with E-state index < -0.39 is 0 Å². The number of hydrogen-bond acceptors (Lipinski definition) is 6. The average molecular weight is 430 g/mol. The third kappa shape index (κ3) is 4.49. The number of morpholine rings is 1. The van der Waals surface area contributed by atoms with Crippen LogP contribution in [0.1, 0.15) is 49.8 Å². The molecule has 2 aromatic heterocycles. The number of nitrogens with one attached hydrogen (secondary N) is 1. The minimum atomic E-state index is -0.354. The van der Waals surface area contributed by atoms with Gasteiger partial charge in [-0.25, -0.2) is 0 Å². The average Bonchev–Trinajstić information content (AvgIpc) is 3.31. The zero-order chi connectivity index (χ0) is 21.5. The molecule has 0 bridgehead atoms. The Morgan fingerprint density at radius 2 is 2.20 bits per heavy atom. The van der Waals surface area contributed by atoms with Crippen molar-refractivity contribution in [3.8, 4) is 0 Å². The Labute approximate surface area is 183 Å². The minimum Gasteiger partial charge on any atom is -0.368 e. The summed E-state index contributed by atoms with van der Waals surface area (Å²) in [7, 11) is 1.91. The van der Waals surface area contributed by atoms with Crippen LogP contribution >= 0.6 is 12.6 Å². The lowest BCUT2D eigenvalue weighted by molar-refractivity contribution is -0.0848. The second kappa shape index (κ2) is 7.89. The maximum absolute atomic E-state index is 13.0. The van der Waals surface area contributed by atoms with Crippen LogP contribution in [-0.2, 0) is 18.2 Å².